The summed E-state index contributed by atoms with van der Waals surface area (Å²) in [7, 11) is 0. The Bertz CT molecular complexity index is 655. The topological polar surface area (TPSA) is 25.2 Å². The average molecular weight is 281 g/mol. The zero-order valence-corrected chi connectivity index (χ0v) is 12.8. The van der Waals surface area contributed by atoms with Crippen LogP contribution in [0, 0.1) is 5.41 Å². The maximum absolute atomic E-state index is 10.4. The standard InChI is InChI=1S/C19H23NO/c1-19(2)11-17-14(18(21)12-19)8-9-20(17)16-10-15(16)13-6-4-3-5-7-13/h3-9,15-16,18,21H,10-12H2,1-2H3. The minimum Gasteiger partial charge on any atom is -0.388 e. The van der Waals surface area contributed by atoms with E-state index < -0.39 is 0 Å². The van der Waals surface area contributed by atoms with Gasteiger partial charge in [-0.1, -0.05) is 44.2 Å². The zero-order chi connectivity index (χ0) is 14.6. The Morgan fingerprint density at radius 3 is 2.67 bits per heavy atom. The highest BCUT2D eigenvalue weighted by Gasteiger charge is 2.43. The Balaban J connectivity index is 1.64. The molecule has 2 aromatic rings. The fourth-order valence-corrected chi connectivity index (χ4v) is 4.01. The van der Waals surface area contributed by atoms with E-state index in [0.717, 1.165) is 18.4 Å². The van der Waals surface area contributed by atoms with Gasteiger partial charge in [-0.25, -0.2) is 0 Å². The molecule has 1 N–H and O–H groups in total. The van der Waals surface area contributed by atoms with E-state index in [1.165, 1.54) is 17.7 Å². The van der Waals surface area contributed by atoms with Gasteiger partial charge in [0.1, 0.15) is 0 Å². The molecule has 0 spiro atoms. The lowest BCUT2D eigenvalue weighted by Gasteiger charge is -2.34. The molecule has 0 bridgehead atoms. The fourth-order valence-electron chi connectivity index (χ4n) is 4.01. The zero-order valence-electron chi connectivity index (χ0n) is 12.8. The third kappa shape index (κ3) is 2.22. The van der Waals surface area contributed by atoms with Crippen molar-refractivity contribution in [3.05, 3.63) is 59.4 Å². The molecule has 0 aliphatic heterocycles. The number of aliphatic hydroxyl groups excluding tert-OH is 1. The highest BCUT2D eigenvalue weighted by atomic mass is 16.3. The van der Waals surface area contributed by atoms with E-state index >= 15 is 0 Å². The van der Waals surface area contributed by atoms with Crippen molar-refractivity contribution >= 4 is 0 Å². The van der Waals surface area contributed by atoms with E-state index in [1.807, 2.05) is 0 Å². The second-order valence-electron chi connectivity index (χ2n) is 7.51. The summed E-state index contributed by atoms with van der Waals surface area (Å²) in [4.78, 5) is 0. The van der Waals surface area contributed by atoms with Gasteiger partial charge in [-0.05, 0) is 36.3 Å². The first kappa shape index (κ1) is 13.1. The minimum absolute atomic E-state index is 0.194. The normalized spacial score (nSPS) is 30.0. The molecule has 21 heavy (non-hydrogen) atoms. The first-order valence-corrected chi connectivity index (χ1v) is 7.98. The van der Waals surface area contributed by atoms with Gasteiger partial charge >= 0.3 is 0 Å². The quantitative estimate of drug-likeness (QED) is 0.876. The van der Waals surface area contributed by atoms with Gasteiger partial charge < -0.3 is 9.67 Å². The van der Waals surface area contributed by atoms with Crippen LogP contribution in [0.25, 0.3) is 0 Å². The summed E-state index contributed by atoms with van der Waals surface area (Å²) >= 11 is 0. The lowest BCUT2D eigenvalue weighted by molar-refractivity contribution is 0.0979. The Morgan fingerprint density at radius 1 is 1.14 bits per heavy atom. The van der Waals surface area contributed by atoms with Crippen molar-refractivity contribution in [1.29, 1.82) is 0 Å². The van der Waals surface area contributed by atoms with Crippen LogP contribution in [0.15, 0.2) is 42.6 Å². The molecule has 1 aromatic heterocycles. The predicted octanol–water partition coefficient (Wildman–Crippen LogP) is 4.22. The molecule has 3 atom stereocenters. The molecule has 4 rings (SSSR count). The second kappa shape index (κ2) is 4.48. The number of benzene rings is 1. The first-order chi connectivity index (χ1) is 10.1. The number of fused-ring (bicyclic) bond motifs is 1. The van der Waals surface area contributed by atoms with Gasteiger partial charge in [0.15, 0.2) is 0 Å². The molecule has 0 amide bonds. The molecule has 3 unspecified atom stereocenters. The summed E-state index contributed by atoms with van der Waals surface area (Å²) < 4.78 is 2.44. The third-order valence-corrected chi connectivity index (χ3v) is 5.15. The molecule has 2 nitrogen and oxygen atoms in total. The van der Waals surface area contributed by atoms with Crippen molar-refractivity contribution in [3.63, 3.8) is 0 Å². The summed E-state index contributed by atoms with van der Waals surface area (Å²) in [6.45, 7) is 4.52. The lowest BCUT2D eigenvalue weighted by Crippen LogP contribution is -2.26. The monoisotopic (exact) mass is 281 g/mol. The number of hydrogen-bond donors (Lipinski definition) is 1. The van der Waals surface area contributed by atoms with Crippen LogP contribution in [-0.4, -0.2) is 9.67 Å². The summed E-state index contributed by atoms with van der Waals surface area (Å²) in [5.41, 5.74) is 4.16. The number of hydrogen-bond acceptors (Lipinski definition) is 1. The Morgan fingerprint density at radius 2 is 1.90 bits per heavy atom. The molecule has 1 heterocycles. The Kier molecular flexibility index (Phi) is 2.80. The van der Waals surface area contributed by atoms with Crippen molar-refractivity contribution in [1.82, 2.24) is 4.57 Å². The predicted molar refractivity (Wildman–Crippen MR) is 84.3 cm³/mol. The summed E-state index contributed by atoms with van der Waals surface area (Å²) in [5, 5.41) is 10.4. The summed E-state index contributed by atoms with van der Waals surface area (Å²) in [6.07, 6.45) is 5.07. The first-order valence-electron chi connectivity index (χ1n) is 7.98. The van der Waals surface area contributed by atoms with E-state index in [-0.39, 0.29) is 11.5 Å². The molecule has 0 saturated heterocycles. The molecular weight excluding hydrogens is 258 g/mol. The molecule has 1 fully saturated rings. The van der Waals surface area contributed by atoms with E-state index in [0.29, 0.717) is 12.0 Å². The van der Waals surface area contributed by atoms with Gasteiger partial charge in [0.05, 0.1) is 6.10 Å². The molecule has 0 radical (unpaired) electrons. The van der Waals surface area contributed by atoms with E-state index in [2.05, 4.69) is 61.0 Å². The molecule has 2 heteroatoms. The van der Waals surface area contributed by atoms with Crippen molar-refractivity contribution in [2.45, 2.75) is 51.2 Å². The second-order valence-corrected chi connectivity index (χ2v) is 7.51. The summed E-state index contributed by atoms with van der Waals surface area (Å²) in [5.74, 6) is 0.643. The third-order valence-electron chi connectivity index (χ3n) is 5.15. The lowest BCUT2D eigenvalue weighted by atomic mass is 9.75. The van der Waals surface area contributed by atoms with Gasteiger partial charge in [-0.3, -0.25) is 0 Å². The molecule has 110 valence electrons. The highest BCUT2D eigenvalue weighted by molar-refractivity contribution is 5.34. The van der Waals surface area contributed by atoms with Gasteiger partial charge in [-0.15, -0.1) is 0 Å². The van der Waals surface area contributed by atoms with Gasteiger partial charge in [0.25, 0.3) is 0 Å². The smallest absolute Gasteiger partial charge is 0.0812 e. The fraction of sp³-hybridized carbons (Fsp3) is 0.474. The number of nitrogens with zero attached hydrogens (tertiary/aromatic N) is 1. The van der Waals surface area contributed by atoms with Crippen LogP contribution in [0.5, 0.6) is 0 Å². The van der Waals surface area contributed by atoms with Crippen molar-refractivity contribution in [2.24, 2.45) is 5.41 Å². The molecular formula is C19H23NO. The number of aromatic nitrogens is 1. The van der Waals surface area contributed by atoms with Crippen LogP contribution in [0.4, 0.5) is 0 Å². The van der Waals surface area contributed by atoms with E-state index in [4.69, 9.17) is 0 Å². The van der Waals surface area contributed by atoms with Crippen LogP contribution in [0.1, 0.15) is 61.6 Å². The molecule has 2 aliphatic carbocycles. The van der Waals surface area contributed by atoms with E-state index in [9.17, 15) is 5.11 Å². The van der Waals surface area contributed by atoms with Gasteiger partial charge in [0.2, 0.25) is 0 Å². The number of rotatable bonds is 2. The van der Waals surface area contributed by atoms with Crippen LogP contribution >= 0.6 is 0 Å². The van der Waals surface area contributed by atoms with Gasteiger partial charge in [0, 0.05) is 29.4 Å². The Hall–Kier alpha value is -1.54. The Labute approximate surface area is 126 Å². The van der Waals surface area contributed by atoms with Crippen LogP contribution in [0.2, 0.25) is 0 Å². The average Bonchev–Trinajstić information content (AvgIpc) is 3.12. The maximum atomic E-state index is 10.4. The SMILES string of the molecule is CC1(C)Cc2c(ccn2C2CC2c2ccccc2)C(O)C1. The van der Waals surface area contributed by atoms with E-state index in [1.54, 1.807) is 0 Å². The largest absolute Gasteiger partial charge is 0.388 e. The molecule has 2 aliphatic rings. The highest BCUT2D eigenvalue weighted by Crippen LogP contribution is 2.53. The van der Waals surface area contributed by atoms with Crippen molar-refractivity contribution in [3.8, 4) is 0 Å². The molecule has 1 saturated carbocycles. The van der Waals surface area contributed by atoms with Crippen molar-refractivity contribution < 1.29 is 5.11 Å². The van der Waals surface area contributed by atoms with Crippen LogP contribution in [0.3, 0.4) is 0 Å². The number of aliphatic hydroxyl groups is 1. The minimum atomic E-state index is -0.293. The van der Waals surface area contributed by atoms with Gasteiger partial charge in [-0.2, -0.15) is 0 Å². The summed E-state index contributed by atoms with van der Waals surface area (Å²) in [6, 6.07) is 13.5. The van der Waals surface area contributed by atoms with Crippen LogP contribution < -0.4 is 0 Å². The maximum Gasteiger partial charge on any atom is 0.0812 e. The van der Waals surface area contributed by atoms with Crippen LogP contribution in [-0.2, 0) is 6.42 Å². The molecule has 1 aromatic carbocycles. The van der Waals surface area contributed by atoms with Crippen molar-refractivity contribution in [2.75, 3.05) is 0 Å².